The van der Waals surface area contributed by atoms with E-state index in [0.717, 1.165) is 13.1 Å². The number of nitrogens with one attached hydrogen (secondary N) is 1. The fourth-order valence-corrected chi connectivity index (χ4v) is 5.22. The Hall–Kier alpha value is -0.560. The summed E-state index contributed by atoms with van der Waals surface area (Å²) in [6.45, 7) is 8.94. The van der Waals surface area contributed by atoms with Crippen LogP contribution in [0.3, 0.4) is 0 Å². The largest absolute Gasteiger partial charge is 0.337 e. The van der Waals surface area contributed by atoms with E-state index in [1.165, 1.54) is 31.1 Å². The zero-order chi connectivity index (χ0) is 13.9. The van der Waals surface area contributed by atoms with Crippen LogP contribution < -0.4 is 10.2 Å². The van der Waals surface area contributed by atoms with Gasteiger partial charge in [0.15, 0.2) is 0 Å². The Bertz CT molecular complexity index is 445. The molecule has 2 aliphatic rings. The van der Waals surface area contributed by atoms with Gasteiger partial charge in [-0.2, -0.15) is 0 Å². The lowest BCUT2D eigenvalue weighted by Gasteiger charge is -2.27. The van der Waals surface area contributed by atoms with Crippen molar-refractivity contribution in [2.24, 2.45) is 0 Å². The minimum atomic E-state index is 0.104. The Morgan fingerprint density at radius 2 is 2.25 bits per heavy atom. The zero-order valence-corrected chi connectivity index (χ0v) is 13.5. The molecular weight excluding hydrogens is 290 g/mol. The predicted molar refractivity (Wildman–Crippen MR) is 83.0 cm³/mol. The van der Waals surface area contributed by atoms with E-state index in [-0.39, 0.29) is 10.6 Å². The monoisotopic (exact) mass is 313 g/mol. The normalized spacial score (nSPS) is 28.2. The van der Waals surface area contributed by atoms with E-state index < -0.39 is 0 Å². The Balaban J connectivity index is 1.63. The zero-order valence-electron chi connectivity index (χ0n) is 11.9. The fraction of sp³-hybridized carbons (Fsp3) is 0.643. The van der Waals surface area contributed by atoms with Gasteiger partial charge >= 0.3 is 0 Å². The number of thiophene rings is 1. The summed E-state index contributed by atoms with van der Waals surface area (Å²) in [5.41, 5.74) is 0. The van der Waals surface area contributed by atoms with Gasteiger partial charge in [0.1, 0.15) is 31.6 Å². The fourth-order valence-electron chi connectivity index (χ4n) is 2.96. The summed E-state index contributed by atoms with van der Waals surface area (Å²) < 4.78 is 0. The number of nitrogens with two attached hydrogens (primary N) is 1. The van der Waals surface area contributed by atoms with E-state index in [0.29, 0.717) is 5.91 Å². The third kappa shape index (κ3) is 3.03. The van der Waals surface area contributed by atoms with Gasteiger partial charge < -0.3 is 15.1 Å². The maximum atomic E-state index is 12.4. The van der Waals surface area contributed by atoms with Crippen molar-refractivity contribution in [1.29, 1.82) is 0 Å². The van der Waals surface area contributed by atoms with E-state index in [1.807, 2.05) is 6.92 Å². The van der Waals surface area contributed by atoms with Crippen LogP contribution in [0.1, 0.15) is 17.2 Å². The minimum Gasteiger partial charge on any atom is -0.337 e. The van der Waals surface area contributed by atoms with Crippen molar-refractivity contribution in [3.05, 3.63) is 22.4 Å². The molecule has 0 saturated carbocycles. The van der Waals surface area contributed by atoms with Crippen molar-refractivity contribution in [3.8, 4) is 0 Å². The number of quaternary nitrogens is 2. The van der Waals surface area contributed by atoms with Gasteiger partial charge in [-0.25, -0.2) is 0 Å². The molecule has 0 spiro atoms. The molecule has 2 fully saturated rings. The standard InChI is InChI=1S/C14H21N3OS2/c1-11-13(18)17(9-8-16-6-4-15-5-7-16)14(20-11)12-3-2-10-19-12/h2-3,10-11,14-15H,4-9H2,1H3/p+2/t11-,14-/m1/s1. The molecule has 4 nitrogen and oxygen atoms in total. The maximum absolute atomic E-state index is 12.4. The number of carbonyl (C=O) groups excluding carboxylic acids is 1. The van der Waals surface area contributed by atoms with Gasteiger partial charge in [-0.3, -0.25) is 4.79 Å². The highest BCUT2D eigenvalue weighted by Crippen LogP contribution is 2.43. The van der Waals surface area contributed by atoms with Crippen molar-refractivity contribution >= 4 is 29.0 Å². The first kappa shape index (κ1) is 14.4. The first-order valence-electron chi connectivity index (χ1n) is 7.40. The molecule has 20 heavy (non-hydrogen) atoms. The van der Waals surface area contributed by atoms with Gasteiger partial charge in [0.05, 0.1) is 18.3 Å². The van der Waals surface area contributed by atoms with Crippen LogP contribution in [0.15, 0.2) is 17.5 Å². The van der Waals surface area contributed by atoms with Gasteiger partial charge in [0.2, 0.25) is 5.91 Å². The number of nitrogens with zero attached hydrogens (tertiary/aromatic N) is 1. The highest BCUT2D eigenvalue weighted by molar-refractivity contribution is 8.01. The summed E-state index contributed by atoms with van der Waals surface area (Å²) in [7, 11) is 0. The number of piperazine rings is 1. The summed E-state index contributed by atoms with van der Waals surface area (Å²) in [6.07, 6.45) is 0. The van der Waals surface area contributed by atoms with E-state index >= 15 is 0 Å². The summed E-state index contributed by atoms with van der Waals surface area (Å²) in [5, 5.41) is 4.84. The Morgan fingerprint density at radius 1 is 1.45 bits per heavy atom. The van der Waals surface area contributed by atoms with Crippen LogP contribution in [0.2, 0.25) is 0 Å². The lowest BCUT2D eigenvalue weighted by molar-refractivity contribution is -0.946. The van der Waals surface area contributed by atoms with Gasteiger partial charge in [-0.05, 0) is 18.4 Å². The van der Waals surface area contributed by atoms with Crippen molar-refractivity contribution in [3.63, 3.8) is 0 Å². The SMILES string of the molecule is C[C@H]1S[C@H](c2cccs2)N(CC[NH+]2CC[NH2+]CC2)C1=O. The maximum Gasteiger partial charge on any atom is 0.236 e. The predicted octanol–water partition coefficient (Wildman–Crippen LogP) is -0.827. The van der Waals surface area contributed by atoms with Crippen LogP contribution in [0.4, 0.5) is 0 Å². The lowest BCUT2D eigenvalue weighted by atomic mass is 10.3. The second-order valence-electron chi connectivity index (χ2n) is 5.54. The number of hydrogen-bond acceptors (Lipinski definition) is 3. The molecule has 1 aromatic rings. The van der Waals surface area contributed by atoms with E-state index in [4.69, 9.17) is 0 Å². The van der Waals surface area contributed by atoms with Crippen molar-refractivity contribution < 1.29 is 15.0 Å². The van der Waals surface area contributed by atoms with Crippen molar-refractivity contribution in [2.75, 3.05) is 39.3 Å². The second-order valence-corrected chi connectivity index (χ2v) is 7.95. The number of thioether (sulfide) groups is 1. The number of carbonyl (C=O) groups is 1. The summed E-state index contributed by atoms with van der Waals surface area (Å²) in [5.74, 6) is 0.316. The summed E-state index contributed by atoms with van der Waals surface area (Å²) >= 11 is 3.56. The molecule has 3 N–H and O–H groups in total. The molecule has 0 bridgehead atoms. The van der Waals surface area contributed by atoms with Gasteiger partial charge in [-0.1, -0.05) is 6.07 Å². The first-order chi connectivity index (χ1) is 9.75. The first-order valence-corrected chi connectivity index (χ1v) is 9.22. The van der Waals surface area contributed by atoms with Crippen LogP contribution in [-0.2, 0) is 4.79 Å². The van der Waals surface area contributed by atoms with Crippen molar-refractivity contribution in [2.45, 2.75) is 17.5 Å². The minimum absolute atomic E-state index is 0.104. The van der Waals surface area contributed by atoms with E-state index in [9.17, 15) is 4.79 Å². The van der Waals surface area contributed by atoms with Crippen LogP contribution >= 0.6 is 23.1 Å². The van der Waals surface area contributed by atoms with Crippen LogP contribution in [0, 0.1) is 0 Å². The third-order valence-corrected chi connectivity index (χ3v) is 6.59. The number of hydrogen-bond donors (Lipinski definition) is 2. The smallest absolute Gasteiger partial charge is 0.236 e. The van der Waals surface area contributed by atoms with E-state index in [2.05, 4.69) is 27.7 Å². The molecule has 1 amide bonds. The van der Waals surface area contributed by atoms with Crippen molar-refractivity contribution in [1.82, 2.24) is 4.90 Å². The molecule has 6 heteroatoms. The third-order valence-electron chi connectivity index (χ3n) is 4.14. The quantitative estimate of drug-likeness (QED) is 0.762. The number of rotatable bonds is 4. The van der Waals surface area contributed by atoms with Gasteiger partial charge in [0.25, 0.3) is 0 Å². The molecule has 1 aromatic heterocycles. The molecule has 2 aliphatic heterocycles. The molecule has 0 radical (unpaired) electrons. The van der Waals surface area contributed by atoms with E-state index in [1.54, 1.807) is 28.0 Å². The average molecular weight is 313 g/mol. The summed E-state index contributed by atoms with van der Waals surface area (Å²) in [4.78, 5) is 17.4. The molecule has 3 rings (SSSR count). The molecule has 0 aromatic carbocycles. The molecular formula is C14H23N3OS2+2. The molecule has 3 heterocycles. The lowest BCUT2D eigenvalue weighted by Crippen LogP contribution is -3.20. The molecule has 2 atom stereocenters. The van der Waals surface area contributed by atoms with Crippen LogP contribution in [-0.4, -0.2) is 55.3 Å². The Kier molecular flexibility index (Phi) is 4.65. The van der Waals surface area contributed by atoms with Crippen LogP contribution in [0.5, 0.6) is 0 Å². The molecule has 2 saturated heterocycles. The molecule has 0 unspecified atom stereocenters. The number of amides is 1. The highest BCUT2D eigenvalue weighted by Gasteiger charge is 2.39. The second kappa shape index (κ2) is 6.47. The Morgan fingerprint density at radius 3 is 2.95 bits per heavy atom. The highest BCUT2D eigenvalue weighted by atomic mass is 32.2. The Labute approximate surface area is 128 Å². The van der Waals surface area contributed by atoms with Gasteiger partial charge in [-0.15, -0.1) is 23.1 Å². The van der Waals surface area contributed by atoms with Gasteiger partial charge in [0, 0.05) is 4.88 Å². The topological polar surface area (TPSA) is 41.4 Å². The molecule has 0 aliphatic carbocycles. The average Bonchev–Trinajstić information content (AvgIpc) is 3.08. The summed E-state index contributed by atoms with van der Waals surface area (Å²) in [6, 6.07) is 4.24. The van der Waals surface area contributed by atoms with Crippen LogP contribution in [0.25, 0.3) is 0 Å². The molecule has 110 valence electrons.